The zero-order chi connectivity index (χ0) is 17.8. The second kappa shape index (κ2) is 7.79. The topological polar surface area (TPSA) is 52.3 Å². The fourth-order valence-electron chi connectivity index (χ4n) is 3.83. The van der Waals surface area contributed by atoms with Crippen LogP contribution in [0.4, 0.5) is 4.39 Å². The van der Waals surface area contributed by atoms with E-state index in [1.165, 1.54) is 5.56 Å². The number of benzene rings is 2. The molecule has 1 aliphatic rings. The van der Waals surface area contributed by atoms with Crippen molar-refractivity contribution in [2.24, 2.45) is 11.7 Å². The summed E-state index contributed by atoms with van der Waals surface area (Å²) >= 11 is 0. The Morgan fingerprint density at radius 1 is 1.28 bits per heavy atom. The van der Waals surface area contributed by atoms with E-state index in [1.54, 1.807) is 6.07 Å². The normalized spacial score (nSPS) is 18.8. The maximum atomic E-state index is 14.1. The van der Waals surface area contributed by atoms with Crippen LogP contribution >= 0.6 is 0 Å². The molecule has 2 aromatic carbocycles. The van der Waals surface area contributed by atoms with Gasteiger partial charge in [-0.3, -0.25) is 4.79 Å². The average Bonchev–Trinajstić information content (AvgIpc) is 2.91. The molecule has 0 bridgehead atoms. The van der Waals surface area contributed by atoms with Gasteiger partial charge in [-0.25, -0.2) is 4.39 Å². The molecule has 1 aliphatic carbocycles. The van der Waals surface area contributed by atoms with Crippen molar-refractivity contribution in [1.29, 1.82) is 0 Å². The third kappa shape index (κ3) is 3.90. The summed E-state index contributed by atoms with van der Waals surface area (Å²) in [5.41, 5.74) is 9.55. The molecule has 2 atom stereocenters. The van der Waals surface area contributed by atoms with Crippen molar-refractivity contribution >= 4 is 5.97 Å². The monoisotopic (exact) mass is 341 g/mol. The Bertz CT molecular complexity index is 745. The summed E-state index contributed by atoms with van der Waals surface area (Å²) in [4.78, 5) is 12.0. The summed E-state index contributed by atoms with van der Waals surface area (Å²) in [7, 11) is 0. The SMILES string of the molecule is CCOC(=O)CC1Cc2cc(F)c(CN)cc2C1Cc1ccccc1. The van der Waals surface area contributed by atoms with Crippen LogP contribution < -0.4 is 5.73 Å². The predicted molar refractivity (Wildman–Crippen MR) is 95.6 cm³/mol. The van der Waals surface area contributed by atoms with E-state index in [-0.39, 0.29) is 30.2 Å². The standard InChI is InChI=1S/C21H24FNO2/c1-2-25-21(24)12-16-9-15-11-20(22)17(13-23)10-19(15)18(16)8-14-6-4-3-5-7-14/h3-7,10-11,16,18H,2,8-9,12-13,23H2,1H3. The van der Waals surface area contributed by atoms with Crippen LogP contribution in [0.3, 0.4) is 0 Å². The molecule has 4 heteroatoms. The predicted octanol–water partition coefficient (Wildman–Crippen LogP) is 3.74. The molecule has 0 spiro atoms. The van der Waals surface area contributed by atoms with Crippen LogP contribution in [-0.4, -0.2) is 12.6 Å². The Labute approximate surface area is 148 Å². The van der Waals surface area contributed by atoms with Crippen molar-refractivity contribution in [3.05, 3.63) is 70.5 Å². The van der Waals surface area contributed by atoms with Crippen molar-refractivity contribution in [3.8, 4) is 0 Å². The summed E-state index contributed by atoms with van der Waals surface area (Å²) in [6.07, 6.45) is 1.89. The molecule has 0 amide bonds. The lowest BCUT2D eigenvalue weighted by Gasteiger charge is -2.20. The number of fused-ring (bicyclic) bond motifs is 1. The largest absolute Gasteiger partial charge is 0.466 e. The van der Waals surface area contributed by atoms with Crippen LogP contribution in [0.5, 0.6) is 0 Å². The molecule has 2 N–H and O–H groups in total. The van der Waals surface area contributed by atoms with Gasteiger partial charge in [-0.2, -0.15) is 0 Å². The Morgan fingerprint density at radius 3 is 2.72 bits per heavy atom. The highest BCUT2D eigenvalue weighted by Gasteiger charge is 2.35. The molecule has 0 fully saturated rings. The quantitative estimate of drug-likeness (QED) is 0.815. The van der Waals surface area contributed by atoms with E-state index in [1.807, 2.05) is 31.2 Å². The Kier molecular flexibility index (Phi) is 5.49. The lowest BCUT2D eigenvalue weighted by atomic mass is 9.84. The van der Waals surface area contributed by atoms with Crippen molar-refractivity contribution in [2.45, 2.75) is 38.6 Å². The van der Waals surface area contributed by atoms with Crippen molar-refractivity contribution in [3.63, 3.8) is 0 Å². The highest BCUT2D eigenvalue weighted by atomic mass is 19.1. The number of rotatable bonds is 6. The molecule has 132 valence electrons. The molecule has 2 aromatic rings. The van der Waals surface area contributed by atoms with Gasteiger partial charge in [0.1, 0.15) is 5.82 Å². The smallest absolute Gasteiger partial charge is 0.306 e. The number of hydrogen-bond acceptors (Lipinski definition) is 3. The number of halogens is 1. The van der Waals surface area contributed by atoms with Gasteiger partial charge < -0.3 is 10.5 Å². The first-order valence-corrected chi connectivity index (χ1v) is 8.83. The molecule has 0 aromatic heterocycles. The third-order valence-electron chi connectivity index (χ3n) is 5.01. The van der Waals surface area contributed by atoms with Crippen molar-refractivity contribution < 1.29 is 13.9 Å². The summed E-state index contributed by atoms with van der Waals surface area (Å²) in [5.74, 6) is -0.135. The number of carbonyl (C=O) groups is 1. The first-order chi connectivity index (χ1) is 12.1. The van der Waals surface area contributed by atoms with E-state index in [0.717, 1.165) is 17.5 Å². The van der Waals surface area contributed by atoms with Gasteiger partial charge in [0.25, 0.3) is 0 Å². The molecular weight excluding hydrogens is 317 g/mol. The molecule has 0 aliphatic heterocycles. The second-order valence-corrected chi connectivity index (χ2v) is 6.62. The zero-order valence-corrected chi connectivity index (χ0v) is 14.5. The molecule has 0 radical (unpaired) electrons. The summed E-state index contributed by atoms with van der Waals surface area (Å²) < 4.78 is 19.3. The summed E-state index contributed by atoms with van der Waals surface area (Å²) in [6, 6.07) is 13.7. The van der Waals surface area contributed by atoms with Gasteiger partial charge in [0, 0.05) is 18.5 Å². The Morgan fingerprint density at radius 2 is 2.04 bits per heavy atom. The van der Waals surface area contributed by atoms with E-state index in [2.05, 4.69) is 12.1 Å². The third-order valence-corrected chi connectivity index (χ3v) is 5.01. The molecular formula is C21H24FNO2. The van der Waals surface area contributed by atoms with Crippen molar-refractivity contribution in [2.75, 3.05) is 6.61 Å². The van der Waals surface area contributed by atoms with Crippen LogP contribution in [0.15, 0.2) is 42.5 Å². The van der Waals surface area contributed by atoms with Gasteiger partial charge in [0.05, 0.1) is 6.61 Å². The second-order valence-electron chi connectivity index (χ2n) is 6.62. The summed E-state index contributed by atoms with van der Waals surface area (Å²) in [6.45, 7) is 2.37. The number of nitrogens with two attached hydrogens (primary N) is 1. The van der Waals surface area contributed by atoms with E-state index in [4.69, 9.17) is 10.5 Å². The maximum Gasteiger partial charge on any atom is 0.306 e. The molecule has 0 saturated heterocycles. The van der Waals surface area contributed by atoms with Crippen LogP contribution in [0, 0.1) is 11.7 Å². The zero-order valence-electron chi connectivity index (χ0n) is 14.5. The Hall–Kier alpha value is -2.20. The van der Waals surface area contributed by atoms with Crippen LogP contribution in [-0.2, 0) is 28.9 Å². The fraction of sp³-hybridized carbons (Fsp3) is 0.381. The van der Waals surface area contributed by atoms with Gasteiger partial charge >= 0.3 is 5.97 Å². The highest BCUT2D eigenvalue weighted by molar-refractivity contribution is 5.70. The number of carbonyl (C=O) groups excluding carboxylic acids is 1. The molecule has 25 heavy (non-hydrogen) atoms. The highest BCUT2D eigenvalue weighted by Crippen LogP contribution is 2.43. The molecule has 3 rings (SSSR count). The fourth-order valence-corrected chi connectivity index (χ4v) is 3.83. The molecule has 2 unspecified atom stereocenters. The van der Waals surface area contributed by atoms with Gasteiger partial charge in [-0.15, -0.1) is 0 Å². The van der Waals surface area contributed by atoms with Gasteiger partial charge in [0.15, 0.2) is 0 Å². The number of ether oxygens (including phenoxy) is 1. The van der Waals surface area contributed by atoms with Crippen LogP contribution in [0.1, 0.15) is 41.5 Å². The average molecular weight is 341 g/mol. The van der Waals surface area contributed by atoms with Crippen LogP contribution in [0.2, 0.25) is 0 Å². The minimum atomic E-state index is -0.253. The number of hydrogen-bond donors (Lipinski definition) is 1. The Balaban J connectivity index is 1.91. The minimum absolute atomic E-state index is 0.127. The molecule has 3 nitrogen and oxygen atoms in total. The first-order valence-electron chi connectivity index (χ1n) is 8.83. The lowest BCUT2D eigenvalue weighted by Crippen LogP contribution is -2.17. The van der Waals surface area contributed by atoms with E-state index in [0.29, 0.717) is 25.0 Å². The number of esters is 1. The lowest BCUT2D eigenvalue weighted by molar-refractivity contribution is -0.144. The van der Waals surface area contributed by atoms with Gasteiger partial charge in [-0.05, 0) is 54.4 Å². The maximum absolute atomic E-state index is 14.1. The molecule has 0 heterocycles. The van der Waals surface area contributed by atoms with E-state index in [9.17, 15) is 9.18 Å². The van der Waals surface area contributed by atoms with E-state index >= 15 is 0 Å². The van der Waals surface area contributed by atoms with E-state index < -0.39 is 0 Å². The summed E-state index contributed by atoms with van der Waals surface area (Å²) in [5, 5.41) is 0. The van der Waals surface area contributed by atoms with Crippen LogP contribution in [0.25, 0.3) is 0 Å². The first kappa shape index (κ1) is 17.6. The molecule has 0 saturated carbocycles. The van der Waals surface area contributed by atoms with Crippen molar-refractivity contribution in [1.82, 2.24) is 0 Å². The van der Waals surface area contributed by atoms with Gasteiger partial charge in [0.2, 0.25) is 0 Å². The minimum Gasteiger partial charge on any atom is -0.466 e. The van der Waals surface area contributed by atoms with Gasteiger partial charge in [-0.1, -0.05) is 36.4 Å².